The molecule has 0 aliphatic heterocycles. The number of thioether (sulfide) groups is 1. The lowest BCUT2D eigenvalue weighted by atomic mass is 10.3. The minimum absolute atomic E-state index is 0.0596. The van der Waals surface area contributed by atoms with Crippen LogP contribution in [-0.2, 0) is 18.4 Å². The van der Waals surface area contributed by atoms with E-state index in [9.17, 15) is 14.4 Å². The topological polar surface area (TPSA) is 102 Å². The fourth-order valence-electron chi connectivity index (χ4n) is 2.41. The number of carbonyl (C=O) groups excluding carboxylic acids is 1. The highest BCUT2D eigenvalue weighted by Gasteiger charge is 2.19. The van der Waals surface area contributed by atoms with E-state index in [-0.39, 0.29) is 11.5 Å². The van der Waals surface area contributed by atoms with E-state index in [1.807, 2.05) is 18.4 Å². The van der Waals surface area contributed by atoms with Crippen molar-refractivity contribution >= 4 is 34.9 Å². The first-order chi connectivity index (χ1) is 11.8. The SMILES string of the molecule is CSc1ccccc1NC(=O)Cn1c(=O)c(N(C)C)c(N)n(C)c1=O. The molecule has 0 bridgehead atoms. The minimum atomic E-state index is -0.638. The van der Waals surface area contributed by atoms with Gasteiger partial charge in [0.1, 0.15) is 18.1 Å². The third-order valence-electron chi connectivity index (χ3n) is 3.70. The van der Waals surface area contributed by atoms with E-state index in [4.69, 9.17) is 5.73 Å². The summed E-state index contributed by atoms with van der Waals surface area (Å²) in [6, 6.07) is 7.30. The van der Waals surface area contributed by atoms with Gasteiger partial charge in [-0.05, 0) is 18.4 Å². The number of hydrogen-bond donors (Lipinski definition) is 2. The molecule has 1 amide bonds. The van der Waals surface area contributed by atoms with Crippen molar-refractivity contribution in [3.05, 3.63) is 45.1 Å². The number of nitrogens with zero attached hydrogens (tertiary/aromatic N) is 3. The molecule has 0 aliphatic carbocycles. The van der Waals surface area contributed by atoms with Crippen LogP contribution in [0.5, 0.6) is 0 Å². The number of nitrogens with two attached hydrogens (primary N) is 1. The Kier molecular flexibility index (Phi) is 5.58. The van der Waals surface area contributed by atoms with Gasteiger partial charge in [0, 0.05) is 26.0 Å². The van der Waals surface area contributed by atoms with E-state index < -0.39 is 23.7 Å². The predicted octanol–water partition coefficient (Wildman–Crippen LogP) is 0.556. The summed E-state index contributed by atoms with van der Waals surface area (Å²) in [6.07, 6.45) is 1.90. The normalized spacial score (nSPS) is 10.6. The molecule has 0 fully saturated rings. The molecule has 1 heterocycles. The standard InChI is InChI=1S/C16H21N5O3S/c1-19(2)13-14(17)20(3)16(24)21(15(13)23)9-12(22)18-10-7-5-6-8-11(10)25-4/h5-8H,9,17H2,1-4H3,(H,18,22). The van der Waals surface area contributed by atoms with Crippen LogP contribution in [0.15, 0.2) is 38.8 Å². The van der Waals surface area contributed by atoms with Crippen LogP contribution in [0.3, 0.4) is 0 Å². The van der Waals surface area contributed by atoms with Crippen molar-refractivity contribution in [1.29, 1.82) is 0 Å². The highest BCUT2D eigenvalue weighted by atomic mass is 32.2. The lowest BCUT2D eigenvalue weighted by molar-refractivity contribution is -0.116. The Balaban J connectivity index is 2.39. The van der Waals surface area contributed by atoms with Gasteiger partial charge in [0.05, 0.1) is 5.69 Å². The number of aromatic nitrogens is 2. The molecule has 134 valence electrons. The van der Waals surface area contributed by atoms with Crippen molar-refractivity contribution in [1.82, 2.24) is 9.13 Å². The summed E-state index contributed by atoms with van der Waals surface area (Å²) < 4.78 is 2.03. The predicted molar refractivity (Wildman–Crippen MR) is 102 cm³/mol. The number of nitrogens with one attached hydrogen (secondary N) is 1. The molecular formula is C16H21N5O3S. The van der Waals surface area contributed by atoms with E-state index >= 15 is 0 Å². The Bertz CT molecular complexity index is 917. The molecule has 0 saturated carbocycles. The maximum atomic E-state index is 12.6. The van der Waals surface area contributed by atoms with Gasteiger partial charge in [0.15, 0.2) is 0 Å². The average molecular weight is 363 g/mol. The largest absolute Gasteiger partial charge is 0.383 e. The summed E-state index contributed by atoms with van der Waals surface area (Å²) in [7, 11) is 4.76. The van der Waals surface area contributed by atoms with Crippen LogP contribution < -0.4 is 27.2 Å². The number of para-hydroxylation sites is 1. The van der Waals surface area contributed by atoms with E-state index in [2.05, 4.69) is 5.32 Å². The molecule has 8 nitrogen and oxygen atoms in total. The number of hydrogen-bond acceptors (Lipinski definition) is 6. The molecule has 9 heteroatoms. The molecule has 0 atom stereocenters. The Morgan fingerprint density at radius 1 is 1.28 bits per heavy atom. The number of nitrogen functional groups attached to an aromatic ring is 1. The summed E-state index contributed by atoms with van der Waals surface area (Å²) in [6.45, 7) is -0.394. The summed E-state index contributed by atoms with van der Waals surface area (Å²) in [5.41, 5.74) is 5.41. The Hall–Kier alpha value is -2.68. The van der Waals surface area contributed by atoms with Crippen molar-refractivity contribution in [2.75, 3.05) is 36.3 Å². The fraction of sp³-hybridized carbons (Fsp3) is 0.312. The van der Waals surface area contributed by atoms with Gasteiger partial charge in [0.2, 0.25) is 5.91 Å². The van der Waals surface area contributed by atoms with Gasteiger partial charge in [-0.1, -0.05) is 12.1 Å². The second kappa shape index (κ2) is 7.47. The molecule has 25 heavy (non-hydrogen) atoms. The van der Waals surface area contributed by atoms with Crippen molar-refractivity contribution in [2.45, 2.75) is 11.4 Å². The first-order valence-corrected chi connectivity index (χ1v) is 8.69. The number of benzene rings is 1. The highest BCUT2D eigenvalue weighted by Crippen LogP contribution is 2.24. The van der Waals surface area contributed by atoms with Crippen LogP contribution in [0.4, 0.5) is 17.2 Å². The summed E-state index contributed by atoms with van der Waals surface area (Å²) in [5.74, 6) is -0.403. The Morgan fingerprint density at radius 2 is 1.92 bits per heavy atom. The van der Waals surface area contributed by atoms with Gasteiger partial charge in [-0.15, -0.1) is 11.8 Å². The van der Waals surface area contributed by atoms with Gasteiger partial charge in [0.25, 0.3) is 5.56 Å². The summed E-state index contributed by atoms with van der Waals surface area (Å²) >= 11 is 1.49. The number of anilines is 3. The third kappa shape index (κ3) is 3.71. The van der Waals surface area contributed by atoms with Crippen molar-refractivity contribution in [3.8, 4) is 0 Å². The van der Waals surface area contributed by atoms with Gasteiger partial charge in [-0.3, -0.25) is 14.2 Å². The van der Waals surface area contributed by atoms with Gasteiger partial charge in [-0.2, -0.15) is 0 Å². The van der Waals surface area contributed by atoms with E-state index in [1.54, 1.807) is 26.2 Å². The highest BCUT2D eigenvalue weighted by molar-refractivity contribution is 7.98. The van der Waals surface area contributed by atoms with Gasteiger partial charge < -0.3 is 16.0 Å². The molecule has 0 radical (unpaired) electrons. The number of carbonyl (C=O) groups is 1. The lowest BCUT2D eigenvalue weighted by Crippen LogP contribution is -2.44. The molecule has 0 unspecified atom stereocenters. The molecule has 1 aromatic carbocycles. The van der Waals surface area contributed by atoms with Crippen LogP contribution in [0.2, 0.25) is 0 Å². The number of rotatable bonds is 5. The zero-order valence-corrected chi connectivity index (χ0v) is 15.4. The van der Waals surface area contributed by atoms with Crippen molar-refractivity contribution < 1.29 is 4.79 Å². The smallest absolute Gasteiger partial charge is 0.332 e. The monoisotopic (exact) mass is 363 g/mol. The van der Waals surface area contributed by atoms with Gasteiger partial charge >= 0.3 is 5.69 Å². The third-order valence-corrected chi connectivity index (χ3v) is 4.50. The average Bonchev–Trinajstić information content (AvgIpc) is 2.57. The molecule has 0 aliphatic rings. The molecule has 2 aromatic rings. The fourth-order valence-corrected chi connectivity index (χ4v) is 2.96. The van der Waals surface area contributed by atoms with Gasteiger partial charge in [-0.25, -0.2) is 9.36 Å². The molecule has 2 rings (SSSR count). The second-order valence-electron chi connectivity index (χ2n) is 5.61. The minimum Gasteiger partial charge on any atom is -0.383 e. The van der Waals surface area contributed by atoms with E-state index in [0.717, 1.165) is 14.0 Å². The van der Waals surface area contributed by atoms with Crippen LogP contribution >= 0.6 is 11.8 Å². The van der Waals surface area contributed by atoms with Crippen LogP contribution in [-0.4, -0.2) is 35.4 Å². The zero-order valence-electron chi connectivity index (χ0n) is 14.6. The quantitative estimate of drug-likeness (QED) is 0.753. The maximum absolute atomic E-state index is 12.6. The van der Waals surface area contributed by atoms with Crippen LogP contribution in [0.25, 0.3) is 0 Å². The molecule has 1 aromatic heterocycles. The Morgan fingerprint density at radius 3 is 2.52 bits per heavy atom. The molecular weight excluding hydrogens is 342 g/mol. The van der Waals surface area contributed by atoms with Crippen LogP contribution in [0, 0.1) is 0 Å². The summed E-state index contributed by atoms with van der Waals surface area (Å²) in [5, 5.41) is 2.73. The first-order valence-electron chi connectivity index (χ1n) is 7.47. The zero-order chi connectivity index (χ0) is 18.7. The second-order valence-corrected chi connectivity index (χ2v) is 6.46. The van der Waals surface area contributed by atoms with E-state index in [0.29, 0.717) is 5.69 Å². The number of amides is 1. The molecule has 0 saturated heterocycles. The molecule has 0 spiro atoms. The van der Waals surface area contributed by atoms with Crippen molar-refractivity contribution in [3.63, 3.8) is 0 Å². The van der Waals surface area contributed by atoms with Crippen molar-refractivity contribution in [2.24, 2.45) is 7.05 Å². The lowest BCUT2D eigenvalue weighted by Gasteiger charge is -2.18. The first kappa shape index (κ1) is 18.7. The summed E-state index contributed by atoms with van der Waals surface area (Å²) in [4.78, 5) is 39.7. The molecule has 3 N–H and O–H groups in total. The maximum Gasteiger partial charge on any atom is 0.332 e. The van der Waals surface area contributed by atoms with Crippen LogP contribution in [0.1, 0.15) is 0 Å². The Labute approximate surface area is 149 Å². The van der Waals surface area contributed by atoms with E-state index in [1.165, 1.54) is 23.7 Å².